The summed E-state index contributed by atoms with van der Waals surface area (Å²) >= 11 is 4.97. The van der Waals surface area contributed by atoms with Gasteiger partial charge in [0.2, 0.25) is 5.13 Å². The summed E-state index contributed by atoms with van der Waals surface area (Å²) in [5.74, 6) is 0.819. The van der Waals surface area contributed by atoms with Crippen LogP contribution in [0.5, 0.6) is 0 Å². The molecule has 0 radical (unpaired) electrons. The molecule has 0 spiro atoms. The van der Waals surface area contributed by atoms with Crippen molar-refractivity contribution in [3.63, 3.8) is 0 Å². The number of rotatable bonds is 5. The first-order valence-corrected chi connectivity index (χ1v) is 9.61. The molecule has 2 aromatic carbocycles. The van der Waals surface area contributed by atoms with E-state index < -0.39 is 0 Å². The van der Waals surface area contributed by atoms with Crippen molar-refractivity contribution in [2.75, 3.05) is 5.32 Å². The van der Waals surface area contributed by atoms with Crippen LogP contribution < -0.4 is 5.32 Å². The first kappa shape index (κ1) is 14.6. The average Bonchev–Trinajstić information content (AvgIpc) is 3.20. The molecule has 4 aromatic rings. The number of nitrogens with zero attached hydrogens (tertiary/aromatic N) is 3. The van der Waals surface area contributed by atoms with E-state index in [0.717, 1.165) is 31.4 Å². The molecule has 0 amide bonds. The molecular weight excluding hydrogens is 344 g/mol. The van der Waals surface area contributed by atoms with Crippen molar-refractivity contribution in [3.8, 4) is 0 Å². The Hall–Kier alpha value is -1.96. The van der Waals surface area contributed by atoms with E-state index >= 15 is 0 Å². The molecule has 23 heavy (non-hydrogen) atoms. The fraction of sp³-hybridized carbons (Fsp3) is 0.0625. The number of benzene rings is 2. The van der Waals surface area contributed by atoms with Gasteiger partial charge in [0.25, 0.3) is 0 Å². The van der Waals surface area contributed by atoms with Crippen LogP contribution in [0.3, 0.4) is 0 Å². The van der Waals surface area contributed by atoms with Crippen LogP contribution in [0.1, 0.15) is 5.01 Å². The molecule has 1 N–H and O–H groups in total. The number of para-hydroxylation sites is 2. The third-order valence-electron chi connectivity index (χ3n) is 3.09. The number of thioether (sulfide) groups is 1. The number of thiazole rings is 1. The van der Waals surface area contributed by atoms with Crippen molar-refractivity contribution in [1.82, 2.24) is 15.2 Å². The summed E-state index contributed by atoms with van der Waals surface area (Å²) in [6, 6.07) is 18.2. The third-order valence-corrected chi connectivity index (χ3v) is 6.29. The summed E-state index contributed by atoms with van der Waals surface area (Å²) in [7, 11) is 0. The molecule has 2 aromatic heterocycles. The molecule has 0 fully saturated rings. The molecular formula is C16H12N4S3. The number of nitrogens with one attached hydrogen (secondary N) is 1. The first-order chi connectivity index (χ1) is 11.4. The number of anilines is 2. The quantitative estimate of drug-likeness (QED) is 0.499. The zero-order valence-corrected chi connectivity index (χ0v) is 14.4. The maximum atomic E-state index is 4.64. The molecule has 0 aliphatic rings. The lowest BCUT2D eigenvalue weighted by atomic mass is 10.3. The van der Waals surface area contributed by atoms with E-state index in [1.54, 1.807) is 34.4 Å². The van der Waals surface area contributed by atoms with Gasteiger partial charge in [-0.15, -0.1) is 21.5 Å². The van der Waals surface area contributed by atoms with Crippen LogP contribution >= 0.6 is 34.4 Å². The van der Waals surface area contributed by atoms with Gasteiger partial charge in [-0.05, 0) is 24.3 Å². The van der Waals surface area contributed by atoms with E-state index in [4.69, 9.17) is 0 Å². The van der Waals surface area contributed by atoms with Crippen LogP contribution in [0.2, 0.25) is 0 Å². The largest absolute Gasteiger partial charge is 0.330 e. The lowest BCUT2D eigenvalue weighted by Gasteiger charge is -1.99. The highest BCUT2D eigenvalue weighted by atomic mass is 32.2. The molecule has 7 heteroatoms. The zero-order valence-electron chi connectivity index (χ0n) is 12.0. The van der Waals surface area contributed by atoms with Gasteiger partial charge in [-0.1, -0.05) is 53.4 Å². The predicted molar refractivity (Wildman–Crippen MR) is 98.8 cm³/mol. The van der Waals surface area contributed by atoms with Gasteiger partial charge in [0, 0.05) is 5.69 Å². The Bertz CT molecular complexity index is 884. The van der Waals surface area contributed by atoms with Crippen molar-refractivity contribution in [3.05, 3.63) is 59.6 Å². The molecule has 0 bridgehead atoms. The monoisotopic (exact) mass is 356 g/mol. The molecule has 0 atom stereocenters. The highest BCUT2D eigenvalue weighted by molar-refractivity contribution is 8.00. The maximum Gasteiger partial charge on any atom is 0.210 e. The summed E-state index contributed by atoms with van der Waals surface area (Å²) in [4.78, 5) is 4.64. The number of aromatic nitrogens is 3. The number of hydrogen-bond donors (Lipinski definition) is 1. The smallest absolute Gasteiger partial charge is 0.210 e. The van der Waals surface area contributed by atoms with Crippen LogP contribution in [0.15, 0.2) is 58.9 Å². The lowest BCUT2D eigenvalue weighted by Crippen LogP contribution is -1.87. The summed E-state index contributed by atoms with van der Waals surface area (Å²) in [6.07, 6.45) is 0. The van der Waals surface area contributed by atoms with Crippen LogP contribution in [-0.2, 0) is 5.75 Å². The van der Waals surface area contributed by atoms with Crippen LogP contribution in [-0.4, -0.2) is 15.2 Å². The van der Waals surface area contributed by atoms with E-state index in [0.29, 0.717) is 0 Å². The Morgan fingerprint density at radius 3 is 2.61 bits per heavy atom. The second-order valence-corrected chi connectivity index (χ2v) is 8.04. The number of hydrogen-bond acceptors (Lipinski definition) is 7. The first-order valence-electron chi connectivity index (χ1n) is 7.00. The Balaban J connectivity index is 1.41. The summed E-state index contributed by atoms with van der Waals surface area (Å²) in [5, 5.41) is 13.6. The van der Waals surface area contributed by atoms with E-state index in [9.17, 15) is 0 Å². The van der Waals surface area contributed by atoms with Crippen LogP contribution in [0.4, 0.5) is 10.8 Å². The van der Waals surface area contributed by atoms with Gasteiger partial charge in [-0.25, -0.2) is 4.98 Å². The normalized spacial score (nSPS) is 11.0. The van der Waals surface area contributed by atoms with E-state index in [1.165, 1.54) is 4.70 Å². The second kappa shape index (κ2) is 6.66. The lowest BCUT2D eigenvalue weighted by molar-refractivity contribution is 1.01. The van der Waals surface area contributed by atoms with Gasteiger partial charge >= 0.3 is 0 Å². The molecule has 0 unspecified atom stereocenters. The van der Waals surface area contributed by atoms with Gasteiger partial charge in [-0.3, -0.25) is 0 Å². The SMILES string of the molecule is c1ccc(Nc2nnc(SCc3nc4ccccc4s3)s2)cc1. The van der Waals surface area contributed by atoms with Crippen molar-refractivity contribution in [2.45, 2.75) is 10.1 Å². The summed E-state index contributed by atoms with van der Waals surface area (Å²) < 4.78 is 2.18. The molecule has 0 aliphatic heterocycles. The minimum atomic E-state index is 0.808. The Morgan fingerprint density at radius 1 is 0.913 bits per heavy atom. The maximum absolute atomic E-state index is 4.64. The highest BCUT2D eigenvalue weighted by Gasteiger charge is 2.08. The second-order valence-electron chi connectivity index (χ2n) is 4.73. The van der Waals surface area contributed by atoms with E-state index in [1.807, 2.05) is 48.5 Å². The van der Waals surface area contributed by atoms with Gasteiger partial charge in [0.15, 0.2) is 4.34 Å². The Labute approximate surface area is 145 Å². The van der Waals surface area contributed by atoms with Gasteiger partial charge in [0.05, 0.1) is 16.0 Å². The average molecular weight is 357 g/mol. The van der Waals surface area contributed by atoms with Crippen LogP contribution in [0.25, 0.3) is 10.2 Å². The van der Waals surface area contributed by atoms with Crippen molar-refractivity contribution >= 4 is 55.5 Å². The molecule has 0 saturated carbocycles. The summed E-state index contributed by atoms with van der Waals surface area (Å²) in [5.41, 5.74) is 2.09. The molecule has 4 nitrogen and oxygen atoms in total. The molecule has 4 rings (SSSR count). The molecule has 2 heterocycles. The van der Waals surface area contributed by atoms with Crippen molar-refractivity contribution in [2.24, 2.45) is 0 Å². The molecule has 0 saturated heterocycles. The van der Waals surface area contributed by atoms with Crippen molar-refractivity contribution < 1.29 is 0 Å². The van der Waals surface area contributed by atoms with Crippen LogP contribution in [0, 0.1) is 0 Å². The standard InChI is InChI=1S/C16H12N4S3/c1-2-6-11(7-3-1)17-15-19-20-16(23-15)21-10-14-18-12-8-4-5-9-13(12)22-14/h1-9H,10H2,(H,17,19). The Morgan fingerprint density at radius 2 is 1.74 bits per heavy atom. The minimum Gasteiger partial charge on any atom is -0.330 e. The number of fused-ring (bicyclic) bond motifs is 1. The van der Waals surface area contributed by atoms with Gasteiger partial charge in [-0.2, -0.15) is 0 Å². The highest BCUT2D eigenvalue weighted by Crippen LogP contribution is 2.32. The van der Waals surface area contributed by atoms with Gasteiger partial charge in [0.1, 0.15) is 5.01 Å². The van der Waals surface area contributed by atoms with E-state index in [-0.39, 0.29) is 0 Å². The topological polar surface area (TPSA) is 50.7 Å². The van der Waals surface area contributed by atoms with Crippen molar-refractivity contribution in [1.29, 1.82) is 0 Å². The van der Waals surface area contributed by atoms with E-state index in [2.05, 4.69) is 26.6 Å². The summed E-state index contributed by atoms with van der Waals surface area (Å²) in [6.45, 7) is 0. The predicted octanol–water partition coefficient (Wildman–Crippen LogP) is 5.18. The Kier molecular flexibility index (Phi) is 4.23. The fourth-order valence-electron chi connectivity index (χ4n) is 2.07. The fourth-order valence-corrected chi connectivity index (χ4v) is 4.80. The molecule has 0 aliphatic carbocycles. The third kappa shape index (κ3) is 3.52. The zero-order chi connectivity index (χ0) is 15.5. The molecule has 114 valence electrons. The van der Waals surface area contributed by atoms with Gasteiger partial charge < -0.3 is 5.32 Å². The minimum absolute atomic E-state index is 0.808.